The number of thioether (sulfide) groups is 1. The van der Waals surface area contributed by atoms with Gasteiger partial charge in [-0.1, -0.05) is 24.3 Å². The molecule has 0 radical (unpaired) electrons. The summed E-state index contributed by atoms with van der Waals surface area (Å²) in [5.41, 5.74) is 4.36. The van der Waals surface area contributed by atoms with Crippen molar-refractivity contribution in [3.05, 3.63) is 64.7 Å². The van der Waals surface area contributed by atoms with E-state index in [0.717, 1.165) is 30.9 Å². The van der Waals surface area contributed by atoms with Crippen LogP contribution < -0.4 is 5.32 Å². The molecule has 5 heteroatoms. The molecule has 0 atom stereocenters. The summed E-state index contributed by atoms with van der Waals surface area (Å²) >= 11 is 2.01. The van der Waals surface area contributed by atoms with Gasteiger partial charge in [-0.3, -0.25) is 14.5 Å². The highest BCUT2D eigenvalue weighted by Gasteiger charge is 2.14. The van der Waals surface area contributed by atoms with Crippen molar-refractivity contribution in [1.82, 2.24) is 4.90 Å². The van der Waals surface area contributed by atoms with E-state index < -0.39 is 0 Å². The fourth-order valence-corrected chi connectivity index (χ4v) is 4.02. The van der Waals surface area contributed by atoms with E-state index in [1.807, 2.05) is 23.9 Å². The van der Waals surface area contributed by atoms with E-state index in [2.05, 4.69) is 23.2 Å². The molecule has 136 valence electrons. The topological polar surface area (TPSA) is 49.4 Å². The van der Waals surface area contributed by atoms with Crippen LogP contribution in [-0.2, 0) is 6.54 Å². The quantitative estimate of drug-likeness (QED) is 0.811. The van der Waals surface area contributed by atoms with Crippen LogP contribution in [-0.4, -0.2) is 41.2 Å². The second kappa shape index (κ2) is 8.52. The Morgan fingerprint density at radius 3 is 2.35 bits per heavy atom. The van der Waals surface area contributed by atoms with Gasteiger partial charge < -0.3 is 5.32 Å². The Balaban J connectivity index is 1.71. The zero-order chi connectivity index (χ0) is 18.5. The van der Waals surface area contributed by atoms with Crippen molar-refractivity contribution in [2.24, 2.45) is 0 Å². The molecule has 0 spiro atoms. The average Bonchev–Trinajstić information content (AvgIpc) is 2.66. The summed E-state index contributed by atoms with van der Waals surface area (Å²) in [5, 5.41) is 3.01. The number of amides is 1. The number of hydrogen-bond acceptors (Lipinski definition) is 4. The molecule has 1 fully saturated rings. The van der Waals surface area contributed by atoms with Gasteiger partial charge in [0.2, 0.25) is 0 Å². The van der Waals surface area contributed by atoms with Gasteiger partial charge in [-0.2, -0.15) is 11.8 Å². The predicted octanol–water partition coefficient (Wildman–Crippen LogP) is 4.00. The van der Waals surface area contributed by atoms with Crippen LogP contribution in [0.25, 0.3) is 0 Å². The van der Waals surface area contributed by atoms with Gasteiger partial charge in [-0.25, -0.2) is 0 Å². The molecule has 0 bridgehead atoms. The molecule has 2 aromatic rings. The third-order valence-electron chi connectivity index (χ3n) is 4.75. The van der Waals surface area contributed by atoms with Crippen LogP contribution >= 0.6 is 11.8 Å². The lowest BCUT2D eigenvalue weighted by molar-refractivity contribution is 0.100. The van der Waals surface area contributed by atoms with Crippen molar-refractivity contribution in [1.29, 1.82) is 0 Å². The smallest absolute Gasteiger partial charge is 0.255 e. The molecular weight excluding hydrogens is 344 g/mol. The van der Waals surface area contributed by atoms with Crippen molar-refractivity contribution in [3.63, 3.8) is 0 Å². The van der Waals surface area contributed by atoms with Gasteiger partial charge in [0.15, 0.2) is 5.78 Å². The Bertz CT molecular complexity index is 796. The van der Waals surface area contributed by atoms with E-state index >= 15 is 0 Å². The summed E-state index contributed by atoms with van der Waals surface area (Å²) in [6, 6.07) is 12.8. The molecule has 1 amide bonds. The number of nitrogens with one attached hydrogen (secondary N) is 1. The molecule has 26 heavy (non-hydrogen) atoms. The molecule has 0 aromatic heterocycles. The summed E-state index contributed by atoms with van der Waals surface area (Å²) in [5.74, 6) is 2.21. The lowest BCUT2D eigenvalue weighted by Gasteiger charge is -2.27. The number of benzene rings is 2. The largest absolute Gasteiger partial charge is 0.322 e. The molecule has 0 aliphatic carbocycles. The highest BCUT2D eigenvalue weighted by Crippen LogP contribution is 2.22. The second-order valence-corrected chi connectivity index (χ2v) is 7.79. The molecular formula is C21H24N2O2S. The number of ketones is 1. The number of nitrogens with zero attached hydrogens (tertiary/aromatic N) is 1. The minimum atomic E-state index is -0.158. The molecule has 1 aliphatic heterocycles. The van der Waals surface area contributed by atoms with E-state index in [1.54, 1.807) is 24.3 Å². The Labute approximate surface area is 159 Å². The first-order valence-corrected chi connectivity index (χ1v) is 10.0. The zero-order valence-corrected chi connectivity index (χ0v) is 16.1. The fourth-order valence-electron chi connectivity index (χ4n) is 3.04. The molecule has 4 nitrogen and oxygen atoms in total. The summed E-state index contributed by atoms with van der Waals surface area (Å²) in [7, 11) is 0. The lowest BCUT2D eigenvalue weighted by Crippen LogP contribution is -2.32. The molecule has 1 heterocycles. The maximum Gasteiger partial charge on any atom is 0.255 e. The number of anilines is 1. The SMILES string of the molecule is CC(=O)c1ccc(C(=O)Nc2cccc(CN3CCSCC3)c2C)cc1. The van der Waals surface area contributed by atoms with Crippen LogP contribution in [0.2, 0.25) is 0 Å². The summed E-state index contributed by atoms with van der Waals surface area (Å²) in [6.45, 7) is 6.73. The molecule has 0 saturated carbocycles. The van der Waals surface area contributed by atoms with Gasteiger partial charge in [0.05, 0.1) is 0 Å². The summed E-state index contributed by atoms with van der Waals surface area (Å²) < 4.78 is 0. The van der Waals surface area contributed by atoms with E-state index in [9.17, 15) is 9.59 Å². The highest BCUT2D eigenvalue weighted by molar-refractivity contribution is 7.99. The lowest BCUT2D eigenvalue weighted by atomic mass is 10.0. The Hall–Kier alpha value is -2.11. The number of hydrogen-bond donors (Lipinski definition) is 1. The molecule has 1 saturated heterocycles. The second-order valence-electron chi connectivity index (χ2n) is 6.57. The van der Waals surface area contributed by atoms with Crippen LogP contribution in [0, 0.1) is 6.92 Å². The molecule has 1 aliphatic rings. The third-order valence-corrected chi connectivity index (χ3v) is 5.69. The Morgan fingerprint density at radius 1 is 1.04 bits per heavy atom. The molecule has 2 aromatic carbocycles. The molecule has 1 N–H and O–H groups in total. The van der Waals surface area contributed by atoms with Gasteiger partial charge in [-0.05, 0) is 43.2 Å². The third kappa shape index (κ3) is 4.54. The average molecular weight is 369 g/mol. The van der Waals surface area contributed by atoms with Crippen molar-refractivity contribution in [2.75, 3.05) is 29.9 Å². The van der Waals surface area contributed by atoms with Gasteiger partial charge in [-0.15, -0.1) is 0 Å². The van der Waals surface area contributed by atoms with E-state index in [1.165, 1.54) is 24.0 Å². The standard InChI is InChI=1S/C21H24N2O2S/c1-15-19(14-23-10-12-26-13-11-23)4-3-5-20(15)22-21(25)18-8-6-17(7-9-18)16(2)24/h3-9H,10-14H2,1-2H3,(H,22,25). The van der Waals surface area contributed by atoms with Crippen LogP contribution in [0.1, 0.15) is 38.8 Å². The number of carbonyl (C=O) groups is 2. The van der Waals surface area contributed by atoms with Crippen LogP contribution in [0.4, 0.5) is 5.69 Å². The van der Waals surface area contributed by atoms with Crippen LogP contribution in [0.3, 0.4) is 0 Å². The monoisotopic (exact) mass is 368 g/mol. The highest BCUT2D eigenvalue weighted by atomic mass is 32.2. The first kappa shape index (κ1) is 18.7. The van der Waals surface area contributed by atoms with Crippen molar-refractivity contribution < 1.29 is 9.59 Å². The fraction of sp³-hybridized carbons (Fsp3) is 0.333. The predicted molar refractivity (Wildman–Crippen MR) is 108 cm³/mol. The van der Waals surface area contributed by atoms with Gasteiger partial charge in [0.25, 0.3) is 5.91 Å². The molecule has 0 unspecified atom stereocenters. The van der Waals surface area contributed by atoms with Crippen LogP contribution in [0.15, 0.2) is 42.5 Å². The zero-order valence-electron chi connectivity index (χ0n) is 15.2. The Morgan fingerprint density at radius 2 is 1.69 bits per heavy atom. The minimum absolute atomic E-state index is 0.00313. The normalized spacial score (nSPS) is 14.8. The van der Waals surface area contributed by atoms with Crippen molar-refractivity contribution in [2.45, 2.75) is 20.4 Å². The Kier molecular flexibility index (Phi) is 6.12. The maximum atomic E-state index is 12.5. The number of carbonyl (C=O) groups excluding carboxylic acids is 2. The summed E-state index contributed by atoms with van der Waals surface area (Å²) in [6.07, 6.45) is 0. The maximum absolute atomic E-state index is 12.5. The first-order chi connectivity index (χ1) is 12.5. The van der Waals surface area contributed by atoms with Crippen LogP contribution in [0.5, 0.6) is 0 Å². The van der Waals surface area contributed by atoms with Gasteiger partial charge >= 0.3 is 0 Å². The van der Waals surface area contributed by atoms with E-state index in [4.69, 9.17) is 0 Å². The van der Waals surface area contributed by atoms with Gasteiger partial charge in [0.1, 0.15) is 0 Å². The van der Waals surface area contributed by atoms with Crippen molar-refractivity contribution >= 4 is 29.1 Å². The van der Waals surface area contributed by atoms with Crippen molar-refractivity contribution in [3.8, 4) is 0 Å². The first-order valence-electron chi connectivity index (χ1n) is 8.85. The number of Topliss-reactive ketones (excluding diaryl/α,β-unsaturated/α-hetero) is 1. The summed E-state index contributed by atoms with van der Waals surface area (Å²) in [4.78, 5) is 26.4. The molecule has 3 rings (SSSR count). The number of rotatable bonds is 5. The van der Waals surface area contributed by atoms with E-state index in [-0.39, 0.29) is 11.7 Å². The van der Waals surface area contributed by atoms with Gasteiger partial charge in [0, 0.05) is 48.0 Å². The minimum Gasteiger partial charge on any atom is -0.322 e. The van der Waals surface area contributed by atoms with E-state index in [0.29, 0.717) is 11.1 Å².